The van der Waals surface area contributed by atoms with Crippen molar-refractivity contribution in [3.8, 4) is 23.0 Å². The van der Waals surface area contributed by atoms with Gasteiger partial charge in [-0.05, 0) is 30.5 Å². The van der Waals surface area contributed by atoms with Crippen LogP contribution in [0.3, 0.4) is 0 Å². The van der Waals surface area contributed by atoms with Gasteiger partial charge in [0.2, 0.25) is 5.91 Å². The Morgan fingerprint density at radius 3 is 2.12 bits per heavy atom. The first kappa shape index (κ1) is 21.7. The lowest BCUT2D eigenvalue weighted by Gasteiger charge is -2.38. The van der Waals surface area contributed by atoms with Gasteiger partial charge in [-0.15, -0.1) is 0 Å². The maximum Gasteiger partial charge on any atom is 0.232 e. The van der Waals surface area contributed by atoms with E-state index < -0.39 is 0 Å². The Balaban J connectivity index is 1.85. The zero-order chi connectivity index (χ0) is 22.8. The van der Waals surface area contributed by atoms with E-state index in [1.807, 2.05) is 18.2 Å². The molecule has 0 N–H and O–H groups in total. The molecule has 1 aliphatic carbocycles. The van der Waals surface area contributed by atoms with Crippen LogP contribution >= 0.6 is 0 Å². The first-order valence-electron chi connectivity index (χ1n) is 10.5. The first-order valence-corrected chi connectivity index (χ1v) is 10.5. The predicted molar refractivity (Wildman–Crippen MR) is 120 cm³/mol. The fraction of sp³-hybridized carbons (Fsp3) is 0.360. The summed E-state index contributed by atoms with van der Waals surface area (Å²) in [7, 11) is 6.28. The van der Waals surface area contributed by atoms with Gasteiger partial charge in [0.05, 0.1) is 34.1 Å². The van der Waals surface area contributed by atoms with Crippen LogP contribution in [0, 0.1) is 0 Å². The van der Waals surface area contributed by atoms with Gasteiger partial charge in [0.1, 0.15) is 11.5 Å². The summed E-state index contributed by atoms with van der Waals surface area (Å²) in [5.74, 6) is 2.02. The van der Waals surface area contributed by atoms with Crippen LogP contribution in [0.2, 0.25) is 0 Å². The van der Waals surface area contributed by atoms with Crippen molar-refractivity contribution in [1.29, 1.82) is 0 Å². The number of carbonyl (C=O) groups excluding carboxylic acids is 2. The molecule has 0 radical (unpaired) electrons. The highest BCUT2D eigenvalue weighted by atomic mass is 16.5. The Hall–Kier alpha value is -3.48. The molecule has 0 saturated carbocycles. The van der Waals surface area contributed by atoms with Crippen molar-refractivity contribution in [3.63, 3.8) is 0 Å². The average molecular weight is 437 g/mol. The largest absolute Gasteiger partial charge is 0.497 e. The molecular formula is C25H27NO6. The van der Waals surface area contributed by atoms with E-state index in [0.717, 1.165) is 11.3 Å². The Bertz CT molecular complexity index is 1070. The third kappa shape index (κ3) is 3.79. The summed E-state index contributed by atoms with van der Waals surface area (Å²) in [5.41, 5.74) is 2.96. The number of Topliss-reactive ketones (excluding diaryl/α,β-unsaturated/α-hetero) is 1. The molecule has 7 nitrogen and oxygen atoms in total. The highest BCUT2D eigenvalue weighted by molar-refractivity contribution is 6.07. The third-order valence-electron chi connectivity index (χ3n) is 6.08. The number of anilines is 1. The highest BCUT2D eigenvalue weighted by Crippen LogP contribution is 2.45. The van der Waals surface area contributed by atoms with Crippen LogP contribution < -0.4 is 23.8 Å². The molecule has 2 aliphatic rings. The molecule has 0 fully saturated rings. The average Bonchev–Trinajstić information content (AvgIpc) is 2.82. The van der Waals surface area contributed by atoms with Crippen LogP contribution in [0.25, 0.3) is 0 Å². The quantitative estimate of drug-likeness (QED) is 0.673. The fourth-order valence-corrected chi connectivity index (χ4v) is 4.57. The number of benzene rings is 2. The summed E-state index contributed by atoms with van der Waals surface area (Å²) in [6, 6.07) is 10.9. The Labute approximate surface area is 187 Å². The minimum absolute atomic E-state index is 0.0754. The van der Waals surface area contributed by atoms with Gasteiger partial charge in [0.15, 0.2) is 17.3 Å². The van der Waals surface area contributed by atoms with Crippen molar-refractivity contribution < 1.29 is 28.5 Å². The summed E-state index contributed by atoms with van der Waals surface area (Å²) in [4.78, 5) is 28.2. The second-order valence-electron chi connectivity index (χ2n) is 7.81. The van der Waals surface area contributed by atoms with E-state index >= 15 is 0 Å². The molecule has 1 unspecified atom stereocenters. The summed E-state index contributed by atoms with van der Waals surface area (Å²) in [6.45, 7) is 0. The van der Waals surface area contributed by atoms with Crippen molar-refractivity contribution >= 4 is 17.4 Å². The van der Waals surface area contributed by atoms with Crippen LogP contribution in [0.5, 0.6) is 23.0 Å². The number of methoxy groups -OCH3 is 4. The standard InChI is InChI=1S/C25H27NO6/c1-29-17-11-16(12-18(13-17)30-2)26-20-6-5-7-21(27)25(20)19(14-24(26)28)15-8-9-22(31-3)23(10-15)32-4/h8-13,19H,5-7,14H2,1-4H3. The first-order chi connectivity index (χ1) is 15.5. The number of amides is 1. The number of allylic oxidation sites excluding steroid dienone is 2. The Morgan fingerprint density at radius 2 is 1.50 bits per heavy atom. The summed E-state index contributed by atoms with van der Waals surface area (Å²) < 4.78 is 21.6. The second-order valence-corrected chi connectivity index (χ2v) is 7.81. The predicted octanol–water partition coefficient (Wildman–Crippen LogP) is 4.25. The van der Waals surface area contributed by atoms with Crippen LogP contribution in [-0.2, 0) is 9.59 Å². The summed E-state index contributed by atoms with van der Waals surface area (Å²) in [6.07, 6.45) is 2.02. The third-order valence-corrected chi connectivity index (χ3v) is 6.08. The zero-order valence-corrected chi connectivity index (χ0v) is 18.8. The molecule has 32 heavy (non-hydrogen) atoms. The van der Waals surface area contributed by atoms with E-state index in [9.17, 15) is 9.59 Å². The maximum absolute atomic E-state index is 13.5. The number of carbonyl (C=O) groups is 2. The molecule has 1 amide bonds. The van der Waals surface area contributed by atoms with Gasteiger partial charge >= 0.3 is 0 Å². The molecule has 0 spiro atoms. The maximum atomic E-state index is 13.5. The molecule has 168 valence electrons. The molecule has 2 aromatic carbocycles. The summed E-state index contributed by atoms with van der Waals surface area (Å²) in [5, 5.41) is 0. The molecule has 4 rings (SSSR count). The lowest BCUT2D eigenvalue weighted by molar-refractivity contribution is -0.119. The molecule has 0 saturated heterocycles. The molecule has 2 aromatic rings. The molecule has 1 aliphatic heterocycles. The molecule has 1 heterocycles. The topological polar surface area (TPSA) is 74.3 Å². The van der Waals surface area contributed by atoms with Gasteiger partial charge in [-0.3, -0.25) is 14.5 Å². The number of hydrogen-bond donors (Lipinski definition) is 0. The minimum Gasteiger partial charge on any atom is -0.497 e. The molecule has 0 aromatic heterocycles. The number of hydrogen-bond acceptors (Lipinski definition) is 6. The molecular weight excluding hydrogens is 410 g/mol. The van der Waals surface area contributed by atoms with Gasteiger partial charge in [-0.1, -0.05) is 6.07 Å². The summed E-state index contributed by atoms with van der Waals surface area (Å²) >= 11 is 0. The lowest BCUT2D eigenvalue weighted by Crippen LogP contribution is -2.40. The van der Waals surface area contributed by atoms with Crippen molar-refractivity contribution in [2.24, 2.45) is 0 Å². The van der Waals surface area contributed by atoms with Gasteiger partial charge in [-0.2, -0.15) is 0 Å². The van der Waals surface area contributed by atoms with E-state index in [0.29, 0.717) is 53.5 Å². The number of ether oxygens (including phenoxy) is 4. The fourth-order valence-electron chi connectivity index (χ4n) is 4.57. The van der Waals surface area contributed by atoms with E-state index in [-0.39, 0.29) is 24.0 Å². The molecule has 1 atom stereocenters. The van der Waals surface area contributed by atoms with E-state index in [2.05, 4.69) is 0 Å². The van der Waals surface area contributed by atoms with E-state index in [1.165, 1.54) is 0 Å². The van der Waals surface area contributed by atoms with E-state index in [1.54, 1.807) is 51.5 Å². The van der Waals surface area contributed by atoms with Crippen LogP contribution in [-0.4, -0.2) is 40.1 Å². The van der Waals surface area contributed by atoms with Crippen LogP contribution in [0.4, 0.5) is 5.69 Å². The van der Waals surface area contributed by atoms with Gasteiger partial charge in [0, 0.05) is 48.2 Å². The normalized spacial score (nSPS) is 18.4. The monoisotopic (exact) mass is 437 g/mol. The number of rotatable bonds is 6. The molecule has 0 bridgehead atoms. The second kappa shape index (κ2) is 8.94. The van der Waals surface area contributed by atoms with Gasteiger partial charge in [0.25, 0.3) is 0 Å². The molecule has 7 heteroatoms. The highest BCUT2D eigenvalue weighted by Gasteiger charge is 2.40. The van der Waals surface area contributed by atoms with Crippen molar-refractivity contribution in [3.05, 3.63) is 53.2 Å². The van der Waals surface area contributed by atoms with Crippen molar-refractivity contribution in [2.75, 3.05) is 33.3 Å². The zero-order valence-electron chi connectivity index (χ0n) is 18.8. The van der Waals surface area contributed by atoms with Crippen LogP contribution in [0.15, 0.2) is 47.7 Å². The van der Waals surface area contributed by atoms with E-state index in [4.69, 9.17) is 18.9 Å². The van der Waals surface area contributed by atoms with Crippen LogP contribution in [0.1, 0.15) is 37.2 Å². The minimum atomic E-state index is -0.325. The number of ketones is 1. The van der Waals surface area contributed by atoms with Crippen molar-refractivity contribution in [2.45, 2.75) is 31.6 Å². The number of nitrogens with zero attached hydrogens (tertiary/aromatic N) is 1. The van der Waals surface area contributed by atoms with Crippen molar-refractivity contribution in [1.82, 2.24) is 0 Å². The SMILES string of the molecule is COc1cc(OC)cc(N2C(=O)CC(c3ccc(OC)c(OC)c3)C3=C2CCCC3=O)c1. The lowest BCUT2D eigenvalue weighted by atomic mass is 9.77. The Morgan fingerprint density at radius 1 is 0.812 bits per heavy atom. The smallest absolute Gasteiger partial charge is 0.232 e. The van der Waals surface area contributed by atoms with Gasteiger partial charge < -0.3 is 18.9 Å². The van der Waals surface area contributed by atoms with Gasteiger partial charge in [-0.25, -0.2) is 0 Å². The Kier molecular flexibility index (Phi) is 6.08.